The first-order valence-electron chi connectivity index (χ1n) is 8.90. The maximum absolute atomic E-state index is 12.9. The van der Waals surface area contributed by atoms with Crippen molar-refractivity contribution in [2.75, 3.05) is 12.4 Å². The van der Waals surface area contributed by atoms with Gasteiger partial charge in [-0.3, -0.25) is 0 Å². The molecule has 1 aromatic carbocycles. The highest BCUT2D eigenvalue weighted by Crippen LogP contribution is 2.32. The number of sulfone groups is 1. The van der Waals surface area contributed by atoms with E-state index in [0.717, 1.165) is 32.1 Å². The molecular weight excluding hydrogens is 340 g/mol. The second kappa shape index (κ2) is 8.56. The number of amides is 2. The lowest BCUT2D eigenvalue weighted by Gasteiger charge is -2.37. The van der Waals surface area contributed by atoms with Crippen molar-refractivity contribution in [3.8, 4) is 5.75 Å². The van der Waals surface area contributed by atoms with Gasteiger partial charge in [0.25, 0.3) is 0 Å². The molecule has 0 atom stereocenters. The molecule has 6 nitrogen and oxygen atoms in total. The van der Waals surface area contributed by atoms with Crippen LogP contribution < -0.4 is 15.8 Å². The maximum Gasteiger partial charge on any atom is 0.312 e. The number of urea groups is 1. The van der Waals surface area contributed by atoms with E-state index < -0.39 is 21.4 Å². The second-order valence-electron chi connectivity index (χ2n) is 6.77. The molecule has 0 aliphatic heterocycles. The van der Waals surface area contributed by atoms with Crippen LogP contribution in [0, 0.1) is 0 Å². The van der Waals surface area contributed by atoms with Gasteiger partial charge in [0, 0.05) is 0 Å². The highest BCUT2D eigenvalue weighted by molar-refractivity contribution is 7.91. The number of carbonyl (C=O) groups excluding carboxylic acids is 1. The Hall–Kier alpha value is -1.76. The highest BCUT2D eigenvalue weighted by atomic mass is 32.2. The molecular formula is C18H28N2O4S. The molecule has 0 heterocycles. The van der Waals surface area contributed by atoms with Crippen LogP contribution in [0.3, 0.4) is 0 Å². The lowest BCUT2D eigenvalue weighted by Crippen LogP contribution is -2.55. The number of benzene rings is 1. The Morgan fingerprint density at radius 2 is 2.00 bits per heavy atom. The van der Waals surface area contributed by atoms with Crippen molar-refractivity contribution in [3.63, 3.8) is 0 Å². The Bertz CT molecular complexity index is 682. The van der Waals surface area contributed by atoms with E-state index in [2.05, 4.69) is 12.2 Å². The molecule has 1 saturated carbocycles. The molecule has 0 bridgehead atoms. The van der Waals surface area contributed by atoms with Gasteiger partial charge in [0.05, 0.1) is 22.8 Å². The zero-order valence-electron chi connectivity index (χ0n) is 14.8. The molecule has 140 valence electrons. The summed E-state index contributed by atoms with van der Waals surface area (Å²) in [6.45, 7) is 2.63. The van der Waals surface area contributed by atoms with Crippen molar-refractivity contribution in [2.45, 2.75) is 62.3 Å². The van der Waals surface area contributed by atoms with Gasteiger partial charge in [-0.15, -0.1) is 0 Å². The minimum atomic E-state index is -3.57. The van der Waals surface area contributed by atoms with Crippen molar-refractivity contribution < 1.29 is 17.9 Å². The number of nitrogens with two attached hydrogens (primary N) is 1. The summed E-state index contributed by atoms with van der Waals surface area (Å²) in [6, 6.07) is 5.90. The molecule has 3 N–H and O–H groups in total. The predicted molar refractivity (Wildman–Crippen MR) is 97.4 cm³/mol. The van der Waals surface area contributed by atoms with Gasteiger partial charge in [-0.2, -0.15) is 0 Å². The molecule has 0 spiro atoms. The Morgan fingerprint density at radius 1 is 1.28 bits per heavy atom. The normalized spacial score (nSPS) is 17.0. The van der Waals surface area contributed by atoms with E-state index in [0.29, 0.717) is 25.2 Å². The molecule has 0 aromatic heterocycles. The second-order valence-corrected chi connectivity index (χ2v) is 8.76. The first kappa shape index (κ1) is 19.6. The third-order valence-electron chi connectivity index (χ3n) is 4.60. The van der Waals surface area contributed by atoms with Gasteiger partial charge in [-0.05, 0) is 37.5 Å². The van der Waals surface area contributed by atoms with Crippen LogP contribution in [0.5, 0.6) is 5.75 Å². The SMILES string of the molecule is CCCCOc1cccc(S(=O)(=O)CC2(NC(N)=O)CCCCC2)c1. The van der Waals surface area contributed by atoms with E-state index >= 15 is 0 Å². The summed E-state index contributed by atoms with van der Waals surface area (Å²) in [5.74, 6) is 0.413. The predicted octanol–water partition coefficient (Wildman–Crippen LogP) is 3.01. The Kier molecular flexibility index (Phi) is 6.70. The summed E-state index contributed by atoms with van der Waals surface area (Å²) in [5.41, 5.74) is 4.52. The summed E-state index contributed by atoms with van der Waals surface area (Å²) in [4.78, 5) is 11.6. The van der Waals surface area contributed by atoms with Gasteiger partial charge in [0.15, 0.2) is 9.84 Å². The molecule has 1 fully saturated rings. The Labute approximate surface area is 150 Å². The number of primary amides is 1. The molecule has 2 rings (SSSR count). The minimum Gasteiger partial charge on any atom is -0.494 e. The summed E-state index contributed by atoms with van der Waals surface area (Å²) < 4.78 is 31.5. The number of carbonyl (C=O) groups is 1. The molecule has 2 amide bonds. The van der Waals surface area contributed by atoms with Gasteiger partial charge in [0.2, 0.25) is 0 Å². The van der Waals surface area contributed by atoms with Crippen LogP contribution in [0.25, 0.3) is 0 Å². The summed E-state index contributed by atoms with van der Waals surface area (Å²) >= 11 is 0. The number of hydrogen-bond acceptors (Lipinski definition) is 4. The number of rotatable bonds is 8. The molecule has 25 heavy (non-hydrogen) atoms. The molecule has 0 radical (unpaired) electrons. The van der Waals surface area contributed by atoms with Crippen LogP contribution in [-0.4, -0.2) is 32.3 Å². The minimum absolute atomic E-state index is 0.138. The topological polar surface area (TPSA) is 98.5 Å². The zero-order chi connectivity index (χ0) is 18.3. The standard InChI is InChI=1S/C18H28N2O4S/c1-2-3-12-24-15-8-7-9-16(13-15)25(22,23)14-18(20-17(19)21)10-5-4-6-11-18/h7-9,13H,2-6,10-12,14H2,1H3,(H3,19,20,21). The first-order chi connectivity index (χ1) is 11.9. The first-order valence-corrected chi connectivity index (χ1v) is 10.6. The van der Waals surface area contributed by atoms with Crippen molar-refractivity contribution in [2.24, 2.45) is 5.73 Å². The zero-order valence-corrected chi connectivity index (χ0v) is 15.6. The van der Waals surface area contributed by atoms with E-state index in [1.54, 1.807) is 24.3 Å². The average Bonchev–Trinajstić information content (AvgIpc) is 2.55. The summed E-state index contributed by atoms with van der Waals surface area (Å²) in [5, 5.41) is 2.71. The summed E-state index contributed by atoms with van der Waals surface area (Å²) in [6.07, 6.45) is 6.00. The van der Waals surface area contributed by atoms with E-state index in [9.17, 15) is 13.2 Å². The van der Waals surface area contributed by atoms with Crippen molar-refractivity contribution >= 4 is 15.9 Å². The van der Waals surface area contributed by atoms with Crippen LogP contribution in [0.4, 0.5) is 4.79 Å². The maximum atomic E-state index is 12.9. The van der Waals surface area contributed by atoms with Gasteiger partial charge in [-0.25, -0.2) is 13.2 Å². The van der Waals surface area contributed by atoms with E-state index in [1.165, 1.54) is 0 Å². The van der Waals surface area contributed by atoms with Crippen LogP contribution in [0.1, 0.15) is 51.9 Å². The van der Waals surface area contributed by atoms with Crippen LogP contribution in [0.15, 0.2) is 29.2 Å². The number of unbranched alkanes of at least 4 members (excludes halogenated alkanes) is 1. The lowest BCUT2D eigenvalue weighted by atomic mass is 9.83. The molecule has 7 heteroatoms. The lowest BCUT2D eigenvalue weighted by molar-refractivity contribution is 0.219. The van der Waals surface area contributed by atoms with Gasteiger partial charge >= 0.3 is 6.03 Å². The largest absolute Gasteiger partial charge is 0.494 e. The molecule has 1 aliphatic rings. The number of hydrogen-bond donors (Lipinski definition) is 2. The highest BCUT2D eigenvalue weighted by Gasteiger charge is 2.38. The van der Waals surface area contributed by atoms with Gasteiger partial charge < -0.3 is 15.8 Å². The molecule has 0 unspecified atom stereocenters. The third kappa shape index (κ3) is 5.63. The van der Waals surface area contributed by atoms with Gasteiger partial charge in [-0.1, -0.05) is 38.7 Å². The van der Waals surface area contributed by atoms with Crippen molar-refractivity contribution in [3.05, 3.63) is 24.3 Å². The van der Waals surface area contributed by atoms with Gasteiger partial charge in [0.1, 0.15) is 5.75 Å². The van der Waals surface area contributed by atoms with Crippen molar-refractivity contribution in [1.82, 2.24) is 5.32 Å². The monoisotopic (exact) mass is 368 g/mol. The third-order valence-corrected chi connectivity index (χ3v) is 6.50. The van der Waals surface area contributed by atoms with E-state index in [-0.39, 0.29) is 10.6 Å². The fourth-order valence-electron chi connectivity index (χ4n) is 3.33. The number of nitrogens with one attached hydrogen (secondary N) is 1. The molecule has 0 saturated heterocycles. The fourth-order valence-corrected chi connectivity index (χ4v) is 5.17. The van der Waals surface area contributed by atoms with E-state index in [4.69, 9.17) is 10.5 Å². The average molecular weight is 368 g/mol. The number of ether oxygens (including phenoxy) is 1. The molecule has 1 aromatic rings. The fraction of sp³-hybridized carbons (Fsp3) is 0.611. The van der Waals surface area contributed by atoms with Crippen LogP contribution in [0.2, 0.25) is 0 Å². The van der Waals surface area contributed by atoms with Crippen LogP contribution >= 0.6 is 0 Å². The van der Waals surface area contributed by atoms with Crippen LogP contribution in [-0.2, 0) is 9.84 Å². The summed E-state index contributed by atoms with van der Waals surface area (Å²) in [7, 11) is -3.57. The Balaban J connectivity index is 2.18. The van der Waals surface area contributed by atoms with Crippen molar-refractivity contribution in [1.29, 1.82) is 0 Å². The molecule has 1 aliphatic carbocycles. The van der Waals surface area contributed by atoms with E-state index in [1.807, 2.05) is 0 Å². The smallest absolute Gasteiger partial charge is 0.312 e. The quantitative estimate of drug-likeness (QED) is 0.689. The Morgan fingerprint density at radius 3 is 2.64 bits per heavy atom.